The summed E-state index contributed by atoms with van der Waals surface area (Å²) in [6, 6.07) is 8.30. The molecule has 1 aliphatic rings. The second kappa shape index (κ2) is 4.11. The molecule has 2 atom stereocenters. The highest BCUT2D eigenvalue weighted by atomic mass is 16.7. The van der Waals surface area contributed by atoms with Crippen molar-refractivity contribution in [3.05, 3.63) is 35.4 Å². The summed E-state index contributed by atoms with van der Waals surface area (Å²) in [5.74, 6) is 0. The van der Waals surface area contributed by atoms with Crippen molar-refractivity contribution in [2.75, 3.05) is 6.61 Å². The number of hydrogen-bond donors (Lipinski definition) is 0. The first-order valence-corrected chi connectivity index (χ1v) is 5.09. The zero-order valence-corrected chi connectivity index (χ0v) is 8.69. The van der Waals surface area contributed by atoms with Crippen molar-refractivity contribution in [2.45, 2.75) is 32.7 Å². The Morgan fingerprint density at radius 3 is 2.57 bits per heavy atom. The Kier molecular flexibility index (Phi) is 2.85. The molecule has 14 heavy (non-hydrogen) atoms. The molecule has 2 heteroatoms. The summed E-state index contributed by atoms with van der Waals surface area (Å²) in [6.45, 7) is 4.96. The highest BCUT2D eigenvalue weighted by Crippen LogP contribution is 2.25. The molecule has 2 unspecified atom stereocenters. The third kappa shape index (κ3) is 2.14. The summed E-state index contributed by atoms with van der Waals surface area (Å²) in [6.07, 6.45) is 1.12. The summed E-state index contributed by atoms with van der Waals surface area (Å²) in [7, 11) is 0. The van der Waals surface area contributed by atoms with Crippen LogP contribution in [0.2, 0.25) is 0 Å². The van der Waals surface area contributed by atoms with Gasteiger partial charge in [-0.3, -0.25) is 0 Å². The van der Waals surface area contributed by atoms with Crippen LogP contribution in [-0.4, -0.2) is 12.7 Å². The van der Waals surface area contributed by atoms with Gasteiger partial charge in [0.2, 0.25) is 0 Å². The molecule has 0 aromatic heterocycles. The molecule has 2 rings (SSSR count). The molecule has 2 nitrogen and oxygen atoms in total. The van der Waals surface area contributed by atoms with E-state index in [1.54, 1.807) is 0 Å². The Balaban J connectivity index is 2.10. The van der Waals surface area contributed by atoms with Crippen LogP contribution in [0, 0.1) is 6.92 Å². The first kappa shape index (κ1) is 9.69. The average Bonchev–Trinajstić information content (AvgIpc) is 2.19. The second-order valence-corrected chi connectivity index (χ2v) is 3.85. The van der Waals surface area contributed by atoms with E-state index in [1.165, 1.54) is 5.56 Å². The molecule has 1 aromatic carbocycles. The normalized spacial score (nSPS) is 27.6. The van der Waals surface area contributed by atoms with E-state index in [0.717, 1.165) is 18.6 Å². The molecule has 1 heterocycles. The Morgan fingerprint density at radius 1 is 1.21 bits per heavy atom. The van der Waals surface area contributed by atoms with E-state index in [-0.39, 0.29) is 6.29 Å². The molecule has 0 spiro atoms. The van der Waals surface area contributed by atoms with Gasteiger partial charge in [0.1, 0.15) is 0 Å². The third-order valence-electron chi connectivity index (χ3n) is 2.50. The van der Waals surface area contributed by atoms with Gasteiger partial charge in [-0.1, -0.05) is 29.8 Å². The van der Waals surface area contributed by atoms with Crippen LogP contribution in [0.1, 0.15) is 30.8 Å². The van der Waals surface area contributed by atoms with Crippen LogP contribution in [-0.2, 0) is 9.47 Å². The number of benzene rings is 1. The number of rotatable bonds is 1. The summed E-state index contributed by atoms with van der Waals surface area (Å²) < 4.78 is 11.2. The Bertz CT molecular complexity index is 292. The Labute approximate surface area is 84.8 Å². The molecular weight excluding hydrogens is 176 g/mol. The van der Waals surface area contributed by atoms with Crippen molar-refractivity contribution >= 4 is 0 Å². The summed E-state index contributed by atoms with van der Waals surface area (Å²) >= 11 is 0. The van der Waals surface area contributed by atoms with Gasteiger partial charge >= 0.3 is 0 Å². The van der Waals surface area contributed by atoms with Crippen LogP contribution in [0.5, 0.6) is 0 Å². The minimum Gasteiger partial charge on any atom is -0.348 e. The van der Waals surface area contributed by atoms with Gasteiger partial charge in [0.05, 0.1) is 12.7 Å². The van der Waals surface area contributed by atoms with E-state index < -0.39 is 0 Å². The largest absolute Gasteiger partial charge is 0.348 e. The molecule has 0 bridgehead atoms. The number of hydrogen-bond acceptors (Lipinski definition) is 2. The molecular formula is C12H16O2. The lowest BCUT2D eigenvalue weighted by molar-refractivity contribution is -0.212. The minimum atomic E-state index is -0.167. The molecule has 0 amide bonds. The van der Waals surface area contributed by atoms with Gasteiger partial charge in [-0.05, 0) is 20.3 Å². The van der Waals surface area contributed by atoms with E-state index in [4.69, 9.17) is 9.47 Å². The standard InChI is InChI=1S/C12H16O2/c1-9-3-5-11(6-4-9)12-13-8-7-10(2)14-12/h3-6,10,12H,7-8H2,1-2H3. The second-order valence-electron chi connectivity index (χ2n) is 3.85. The topological polar surface area (TPSA) is 18.5 Å². The Hall–Kier alpha value is -0.860. The highest BCUT2D eigenvalue weighted by molar-refractivity contribution is 5.22. The number of ether oxygens (including phenoxy) is 2. The van der Waals surface area contributed by atoms with Crippen molar-refractivity contribution in [2.24, 2.45) is 0 Å². The molecule has 0 saturated carbocycles. The van der Waals surface area contributed by atoms with Crippen molar-refractivity contribution in [1.82, 2.24) is 0 Å². The van der Waals surface area contributed by atoms with Crippen molar-refractivity contribution < 1.29 is 9.47 Å². The zero-order valence-electron chi connectivity index (χ0n) is 8.69. The van der Waals surface area contributed by atoms with Gasteiger partial charge in [0, 0.05) is 5.56 Å². The SMILES string of the molecule is Cc1ccc(C2OCCC(C)O2)cc1. The summed E-state index contributed by atoms with van der Waals surface area (Å²) in [4.78, 5) is 0. The van der Waals surface area contributed by atoms with Gasteiger partial charge in [-0.15, -0.1) is 0 Å². The predicted octanol–water partition coefficient (Wildman–Crippen LogP) is 2.82. The van der Waals surface area contributed by atoms with E-state index in [2.05, 4.69) is 38.1 Å². The van der Waals surface area contributed by atoms with Crippen molar-refractivity contribution in [3.63, 3.8) is 0 Å². The average molecular weight is 192 g/mol. The van der Waals surface area contributed by atoms with E-state index in [1.807, 2.05) is 0 Å². The molecule has 1 saturated heterocycles. The van der Waals surface area contributed by atoms with Gasteiger partial charge in [-0.25, -0.2) is 0 Å². The Morgan fingerprint density at radius 2 is 1.93 bits per heavy atom. The highest BCUT2D eigenvalue weighted by Gasteiger charge is 2.20. The fourth-order valence-electron chi connectivity index (χ4n) is 1.56. The summed E-state index contributed by atoms with van der Waals surface area (Å²) in [5.41, 5.74) is 2.37. The van der Waals surface area contributed by atoms with Crippen molar-refractivity contribution in [1.29, 1.82) is 0 Å². The first-order valence-electron chi connectivity index (χ1n) is 5.09. The van der Waals surface area contributed by atoms with Gasteiger partial charge in [-0.2, -0.15) is 0 Å². The fourth-order valence-corrected chi connectivity index (χ4v) is 1.56. The van der Waals surface area contributed by atoms with Crippen LogP contribution in [0.15, 0.2) is 24.3 Å². The van der Waals surface area contributed by atoms with Crippen LogP contribution in [0.3, 0.4) is 0 Å². The van der Waals surface area contributed by atoms with Gasteiger partial charge in [0.25, 0.3) is 0 Å². The van der Waals surface area contributed by atoms with Gasteiger partial charge < -0.3 is 9.47 Å². The predicted molar refractivity (Wildman–Crippen MR) is 55.0 cm³/mol. The van der Waals surface area contributed by atoms with E-state index in [0.29, 0.717) is 6.10 Å². The maximum Gasteiger partial charge on any atom is 0.184 e. The van der Waals surface area contributed by atoms with Crippen LogP contribution >= 0.6 is 0 Å². The van der Waals surface area contributed by atoms with Crippen LogP contribution in [0.25, 0.3) is 0 Å². The lowest BCUT2D eigenvalue weighted by Crippen LogP contribution is -2.24. The quantitative estimate of drug-likeness (QED) is 0.681. The molecule has 76 valence electrons. The third-order valence-corrected chi connectivity index (χ3v) is 2.50. The smallest absolute Gasteiger partial charge is 0.184 e. The molecule has 1 aliphatic heterocycles. The lowest BCUT2D eigenvalue weighted by atomic mass is 10.1. The molecule has 1 aromatic rings. The van der Waals surface area contributed by atoms with Gasteiger partial charge in [0.15, 0.2) is 6.29 Å². The monoisotopic (exact) mass is 192 g/mol. The summed E-state index contributed by atoms with van der Waals surface area (Å²) in [5, 5.41) is 0. The van der Waals surface area contributed by atoms with Crippen molar-refractivity contribution in [3.8, 4) is 0 Å². The molecule has 0 N–H and O–H groups in total. The fraction of sp³-hybridized carbons (Fsp3) is 0.500. The van der Waals surface area contributed by atoms with E-state index in [9.17, 15) is 0 Å². The maximum absolute atomic E-state index is 5.69. The molecule has 0 aliphatic carbocycles. The van der Waals surface area contributed by atoms with Crippen LogP contribution in [0.4, 0.5) is 0 Å². The first-order chi connectivity index (χ1) is 6.75. The zero-order chi connectivity index (χ0) is 9.97. The molecule has 0 radical (unpaired) electrons. The van der Waals surface area contributed by atoms with Crippen LogP contribution < -0.4 is 0 Å². The maximum atomic E-state index is 5.69. The number of aryl methyl sites for hydroxylation is 1. The van der Waals surface area contributed by atoms with E-state index >= 15 is 0 Å². The lowest BCUT2D eigenvalue weighted by Gasteiger charge is -2.28. The molecule has 1 fully saturated rings. The minimum absolute atomic E-state index is 0.167.